The standard InChI is InChI=1S/C48H26O23/c49-37(50)21-9-11-25(41(57)58)33(43(61)62)29(21)17-1-5-19(6-2-17)31-23(39(53)54)13-15-27(35(31)45(65)66)47(69)71-48(70)28-16-14-24(40(55)56)32(36(28)46(67)68)20-7-3-18(4-8-20)30-22(38(51)52)10-12-26(42(59)60)34(30)44(63)64/h1-16H,(H,49,50)(H,51,52)(H,53,54)(H,55,56)(H,57,58)(H,59,60)(H,61,62)(H,63,64)(H,65,66)(H,67,68). The van der Waals surface area contributed by atoms with Crippen LogP contribution in [0.3, 0.4) is 0 Å². The van der Waals surface area contributed by atoms with E-state index in [0.717, 1.165) is 84.9 Å². The van der Waals surface area contributed by atoms with Gasteiger partial charge in [-0.15, -0.1) is 0 Å². The lowest BCUT2D eigenvalue weighted by Crippen LogP contribution is -2.21. The molecule has 6 aromatic carbocycles. The Morgan fingerprint density at radius 2 is 0.394 bits per heavy atom. The molecule has 0 spiro atoms. The van der Waals surface area contributed by atoms with E-state index in [1.807, 2.05) is 0 Å². The predicted octanol–water partition coefficient (Wildman–Crippen LogP) is 6.33. The maximum atomic E-state index is 13.8. The highest BCUT2D eigenvalue weighted by atomic mass is 16.6. The Morgan fingerprint density at radius 1 is 0.225 bits per heavy atom. The third-order valence-corrected chi connectivity index (χ3v) is 10.6. The molecular formula is C48H26O23. The van der Waals surface area contributed by atoms with E-state index in [9.17, 15) is 109 Å². The van der Waals surface area contributed by atoms with Gasteiger partial charge in [0.25, 0.3) is 0 Å². The molecule has 0 aromatic heterocycles. The van der Waals surface area contributed by atoms with Crippen molar-refractivity contribution in [3.63, 3.8) is 0 Å². The van der Waals surface area contributed by atoms with Crippen molar-refractivity contribution in [1.82, 2.24) is 0 Å². The van der Waals surface area contributed by atoms with Crippen molar-refractivity contribution in [2.24, 2.45) is 0 Å². The Hall–Kier alpha value is -10.8. The Balaban J connectivity index is 1.46. The second kappa shape index (κ2) is 19.2. The van der Waals surface area contributed by atoms with Crippen LogP contribution in [0.25, 0.3) is 44.5 Å². The molecule has 6 rings (SSSR count). The molecule has 0 heterocycles. The highest BCUT2D eigenvalue weighted by Crippen LogP contribution is 2.38. The van der Waals surface area contributed by atoms with Gasteiger partial charge in [-0.2, -0.15) is 0 Å². The molecule has 0 unspecified atom stereocenters. The number of aromatic carboxylic acids is 10. The van der Waals surface area contributed by atoms with E-state index in [1.54, 1.807) is 0 Å². The largest absolute Gasteiger partial charge is 0.478 e. The summed E-state index contributed by atoms with van der Waals surface area (Å²) in [4.78, 5) is 151. The minimum absolute atomic E-state index is 0.259. The lowest BCUT2D eigenvalue weighted by molar-refractivity contribution is 0.0383. The summed E-state index contributed by atoms with van der Waals surface area (Å²) in [7, 11) is 0. The first-order chi connectivity index (χ1) is 33.4. The van der Waals surface area contributed by atoms with E-state index >= 15 is 0 Å². The van der Waals surface area contributed by atoms with E-state index in [0.29, 0.717) is 12.1 Å². The van der Waals surface area contributed by atoms with Gasteiger partial charge in [0.1, 0.15) is 0 Å². The third-order valence-electron chi connectivity index (χ3n) is 10.6. The highest BCUT2D eigenvalue weighted by molar-refractivity contribution is 6.18. The normalized spacial score (nSPS) is 10.6. The fraction of sp³-hybridized carbons (Fsp3) is 0. The van der Waals surface area contributed by atoms with Crippen LogP contribution in [0, 0.1) is 0 Å². The molecule has 0 fully saturated rings. The molecule has 23 nitrogen and oxygen atoms in total. The van der Waals surface area contributed by atoms with E-state index in [-0.39, 0.29) is 22.3 Å². The molecule has 0 amide bonds. The number of hydrogen-bond acceptors (Lipinski definition) is 13. The molecule has 0 aliphatic carbocycles. The van der Waals surface area contributed by atoms with Gasteiger partial charge < -0.3 is 55.8 Å². The van der Waals surface area contributed by atoms with Crippen LogP contribution < -0.4 is 0 Å². The average molecular weight is 971 g/mol. The van der Waals surface area contributed by atoms with Gasteiger partial charge in [0.15, 0.2) is 0 Å². The second-order valence-corrected chi connectivity index (χ2v) is 14.5. The monoisotopic (exact) mass is 970 g/mol. The summed E-state index contributed by atoms with van der Waals surface area (Å²) in [6.45, 7) is 0. The van der Waals surface area contributed by atoms with Crippen molar-refractivity contribution in [2.45, 2.75) is 0 Å². The Bertz CT molecular complexity index is 3210. The number of esters is 2. The number of carboxylic acids is 10. The fourth-order valence-electron chi connectivity index (χ4n) is 7.71. The molecule has 356 valence electrons. The van der Waals surface area contributed by atoms with Crippen molar-refractivity contribution in [3.8, 4) is 44.5 Å². The molecule has 0 radical (unpaired) electrons. The lowest BCUT2D eigenvalue weighted by atomic mass is 9.87. The van der Waals surface area contributed by atoms with E-state index in [2.05, 4.69) is 0 Å². The van der Waals surface area contributed by atoms with E-state index in [4.69, 9.17) is 4.74 Å². The SMILES string of the molecule is O=C(O)c1ccc(C(=O)O)c(-c2ccc(-c3c(C(=O)O)ccc(C(=O)OC(=O)c4ccc(C(=O)O)c(-c5ccc(-c6c(C(=O)O)ccc(C(=O)O)c6C(=O)O)cc5)c4C(=O)O)c3C(=O)O)cc2)c1C(=O)O. The van der Waals surface area contributed by atoms with E-state index in [1.165, 1.54) is 0 Å². The van der Waals surface area contributed by atoms with Gasteiger partial charge in [-0.1, -0.05) is 48.5 Å². The second-order valence-electron chi connectivity index (χ2n) is 14.5. The zero-order valence-corrected chi connectivity index (χ0v) is 35.0. The average Bonchev–Trinajstić information content (AvgIpc) is 3.31. The summed E-state index contributed by atoms with van der Waals surface area (Å²) in [5.41, 5.74) is -14.6. The maximum Gasteiger partial charge on any atom is 0.346 e. The summed E-state index contributed by atoms with van der Waals surface area (Å²) >= 11 is 0. The van der Waals surface area contributed by atoms with Crippen LogP contribution in [0.2, 0.25) is 0 Å². The first-order valence-corrected chi connectivity index (χ1v) is 19.4. The summed E-state index contributed by atoms with van der Waals surface area (Å²) < 4.78 is 4.93. The first-order valence-electron chi connectivity index (χ1n) is 19.4. The number of hydrogen-bond donors (Lipinski definition) is 10. The molecule has 6 aromatic rings. The van der Waals surface area contributed by atoms with Crippen molar-refractivity contribution in [1.29, 1.82) is 0 Å². The highest BCUT2D eigenvalue weighted by Gasteiger charge is 2.34. The van der Waals surface area contributed by atoms with Crippen LogP contribution in [-0.2, 0) is 4.74 Å². The number of rotatable bonds is 16. The third kappa shape index (κ3) is 9.17. The molecule has 0 aliphatic heterocycles. The fourth-order valence-corrected chi connectivity index (χ4v) is 7.71. The number of benzene rings is 6. The molecule has 0 bridgehead atoms. The summed E-state index contributed by atoms with van der Waals surface area (Å²) in [6.07, 6.45) is 0. The summed E-state index contributed by atoms with van der Waals surface area (Å²) in [5, 5.41) is 99.7. The van der Waals surface area contributed by atoms with Gasteiger partial charge in [0.2, 0.25) is 0 Å². The van der Waals surface area contributed by atoms with Crippen LogP contribution in [0.1, 0.15) is 124 Å². The van der Waals surface area contributed by atoms with Crippen LogP contribution in [0.5, 0.6) is 0 Å². The Labute approximate surface area is 392 Å². The van der Waals surface area contributed by atoms with Crippen molar-refractivity contribution in [2.75, 3.05) is 0 Å². The zero-order chi connectivity index (χ0) is 52.5. The number of carbonyl (C=O) groups excluding carboxylic acids is 2. The Kier molecular flexibility index (Phi) is 13.4. The number of carboxylic acid groups (broad SMARTS) is 10. The molecule has 0 atom stereocenters. The minimum Gasteiger partial charge on any atom is -0.478 e. The van der Waals surface area contributed by atoms with Crippen LogP contribution >= 0.6 is 0 Å². The van der Waals surface area contributed by atoms with Crippen molar-refractivity contribution in [3.05, 3.63) is 164 Å². The summed E-state index contributed by atoms with van der Waals surface area (Å²) in [6, 6.07) is 13.8. The topological polar surface area (TPSA) is 416 Å². The number of ether oxygens (including phenoxy) is 1. The van der Waals surface area contributed by atoms with Gasteiger partial charge in [0, 0.05) is 22.3 Å². The molecule has 23 heteroatoms. The van der Waals surface area contributed by atoms with Gasteiger partial charge >= 0.3 is 71.6 Å². The van der Waals surface area contributed by atoms with Crippen LogP contribution in [0.15, 0.2) is 97.1 Å². The minimum atomic E-state index is -2.01. The zero-order valence-electron chi connectivity index (χ0n) is 35.0. The first kappa shape index (κ1) is 49.6. The molecule has 0 aliphatic rings. The molecule has 0 saturated heterocycles. The quantitative estimate of drug-likeness (QED) is 0.0374. The van der Waals surface area contributed by atoms with Crippen LogP contribution in [-0.4, -0.2) is 123 Å². The molecule has 71 heavy (non-hydrogen) atoms. The van der Waals surface area contributed by atoms with Gasteiger partial charge in [-0.25, -0.2) is 57.5 Å². The van der Waals surface area contributed by atoms with Gasteiger partial charge in [0.05, 0.1) is 66.8 Å². The van der Waals surface area contributed by atoms with Gasteiger partial charge in [-0.3, -0.25) is 0 Å². The molecule has 0 saturated carbocycles. The summed E-state index contributed by atoms with van der Waals surface area (Å²) in [5.74, 6) is -21.8. The van der Waals surface area contributed by atoms with Crippen LogP contribution in [0.4, 0.5) is 0 Å². The van der Waals surface area contributed by atoms with E-state index < -0.39 is 161 Å². The Morgan fingerprint density at radius 3 is 0.577 bits per heavy atom. The van der Waals surface area contributed by atoms with Gasteiger partial charge in [-0.05, 0) is 70.8 Å². The lowest BCUT2D eigenvalue weighted by Gasteiger charge is -2.17. The van der Waals surface area contributed by atoms with Crippen molar-refractivity contribution < 1.29 is 113 Å². The number of carbonyl (C=O) groups is 12. The predicted molar refractivity (Wildman–Crippen MR) is 234 cm³/mol. The smallest absolute Gasteiger partial charge is 0.346 e. The molecular weight excluding hydrogens is 945 g/mol. The maximum absolute atomic E-state index is 13.8. The van der Waals surface area contributed by atoms with Crippen molar-refractivity contribution >= 4 is 71.6 Å². The molecule has 10 N–H and O–H groups in total.